The van der Waals surface area contributed by atoms with E-state index in [-0.39, 0.29) is 11.6 Å². The normalized spacial score (nSPS) is 16.5. The van der Waals surface area contributed by atoms with Gasteiger partial charge in [-0.1, -0.05) is 52.3 Å². The van der Waals surface area contributed by atoms with E-state index in [4.69, 9.17) is 0 Å². The van der Waals surface area contributed by atoms with Crippen LogP contribution in [0.5, 0.6) is 0 Å². The summed E-state index contributed by atoms with van der Waals surface area (Å²) in [6.45, 7) is 0.571. The minimum atomic E-state index is -0.0949. The molecule has 0 unspecified atom stereocenters. The molecule has 3 nitrogen and oxygen atoms in total. The van der Waals surface area contributed by atoms with Gasteiger partial charge in [0.1, 0.15) is 5.70 Å². The van der Waals surface area contributed by atoms with Gasteiger partial charge in [0, 0.05) is 27.8 Å². The number of hydrogen-bond donors (Lipinski definition) is 0. The molecule has 112 valence electrons. The van der Waals surface area contributed by atoms with E-state index < -0.39 is 0 Å². The van der Waals surface area contributed by atoms with E-state index in [9.17, 15) is 9.59 Å². The maximum Gasteiger partial charge on any atom is 0.210 e. The van der Waals surface area contributed by atoms with Crippen molar-refractivity contribution in [2.24, 2.45) is 0 Å². The molecule has 0 spiro atoms. The lowest BCUT2D eigenvalue weighted by Crippen LogP contribution is -2.36. The topological polar surface area (TPSA) is 37.4 Å². The number of Topliss-reactive ketones (excluding diaryl/α,β-unsaturated/α-hetero) is 2. The second-order valence-corrected chi connectivity index (χ2v) is 6.37. The summed E-state index contributed by atoms with van der Waals surface area (Å²) >= 11 is 3.42. The fourth-order valence-corrected chi connectivity index (χ4v) is 3.29. The first-order valence-electron chi connectivity index (χ1n) is 7.29. The van der Waals surface area contributed by atoms with Crippen molar-refractivity contribution >= 4 is 33.2 Å². The Labute approximate surface area is 142 Å². The van der Waals surface area contributed by atoms with Crippen LogP contribution in [0.15, 0.2) is 76.4 Å². The summed E-state index contributed by atoms with van der Waals surface area (Å²) in [4.78, 5) is 27.6. The highest BCUT2D eigenvalue weighted by molar-refractivity contribution is 9.10. The summed E-state index contributed by atoms with van der Waals surface area (Å²) in [6.07, 6.45) is 3.68. The Morgan fingerprint density at radius 1 is 0.870 bits per heavy atom. The number of halogens is 1. The SMILES string of the molecule is O=C1C2=C(C(=O)c3ccccc31)N(c1ccc(Br)cc1)CC=C2. The Morgan fingerprint density at radius 2 is 1.52 bits per heavy atom. The third-order valence-corrected chi connectivity index (χ3v) is 4.64. The Hall–Kier alpha value is -2.46. The molecule has 0 bridgehead atoms. The van der Waals surface area contributed by atoms with Crippen LogP contribution >= 0.6 is 15.9 Å². The minimum Gasteiger partial charge on any atom is -0.334 e. The molecule has 0 amide bonds. The summed E-state index contributed by atoms with van der Waals surface area (Å²) in [7, 11) is 0. The number of allylic oxidation sites excluding steroid dienone is 3. The average Bonchev–Trinajstić information content (AvgIpc) is 2.60. The molecule has 0 saturated carbocycles. The molecule has 0 N–H and O–H groups in total. The zero-order valence-corrected chi connectivity index (χ0v) is 13.7. The Morgan fingerprint density at radius 3 is 2.22 bits per heavy atom. The van der Waals surface area contributed by atoms with Gasteiger partial charge in [-0.3, -0.25) is 9.59 Å². The molecule has 4 rings (SSSR count). The molecular formula is C19H12BrNO2. The minimum absolute atomic E-state index is 0.0896. The Bertz CT molecular complexity index is 894. The van der Waals surface area contributed by atoms with Gasteiger partial charge in [0.15, 0.2) is 5.78 Å². The lowest BCUT2D eigenvalue weighted by molar-refractivity contribution is 0.0974. The standard InChI is InChI=1S/C19H12BrNO2/c20-12-7-9-13(10-8-12)21-11-3-6-16-17(21)19(23)15-5-2-1-4-14(15)18(16)22/h1-10H,11H2. The van der Waals surface area contributed by atoms with Crippen LogP contribution in [0, 0.1) is 0 Å². The summed E-state index contributed by atoms with van der Waals surface area (Å²) < 4.78 is 0.972. The van der Waals surface area contributed by atoms with E-state index in [1.54, 1.807) is 30.3 Å². The fourth-order valence-electron chi connectivity index (χ4n) is 3.03. The van der Waals surface area contributed by atoms with Crippen molar-refractivity contribution in [3.05, 3.63) is 87.6 Å². The first kappa shape index (κ1) is 14.2. The number of nitrogens with zero attached hydrogens (tertiary/aromatic N) is 1. The molecule has 0 fully saturated rings. The van der Waals surface area contributed by atoms with Gasteiger partial charge in [-0.15, -0.1) is 0 Å². The number of rotatable bonds is 1. The van der Waals surface area contributed by atoms with Crippen molar-refractivity contribution < 1.29 is 9.59 Å². The van der Waals surface area contributed by atoms with Crippen LogP contribution in [-0.2, 0) is 0 Å². The van der Waals surface area contributed by atoms with Gasteiger partial charge in [-0.2, -0.15) is 0 Å². The quantitative estimate of drug-likeness (QED) is 0.761. The summed E-state index contributed by atoms with van der Waals surface area (Å²) in [5.74, 6) is -0.185. The molecule has 0 saturated heterocycles. The van der Waals surface area contributed by atoms with E-state index >= 15 is 0 Å². The van der Waals surface area contributed by atoms with Crippen molar-refractivity contribution in [3.8, 4) is 0 Å². The van der Waals surface area contributed by atoms with E-state index in [0.717, 1.165) is 10.2 Å². The van der Waals surface area contributed by atoms with Crippen molar-refractivity contribution in [1.82, 2.24) is 0 Å². The third kappa shape index (κ3) is 2.18. The van der Waals surface area contributed by atoms with Crippen LogP contribution in [0.1, 0.15) is 20.7 Å². The van der Waals surface area contributed by atoms with Crippen LogP contribution in [-0.4, -0.2) is 18.1 Å². The monoisotopic (exact) mass is 365 g/mol. The van der Waals surface area contributed by atoms with Gasteiger partial charge in [-0.05, 0) is 24.3 Å². The van der Waals surface area contributed by atoms with E-state index in [1.165, 1.54) is 0 Å². The van der Waals surface area contributed by atoms with Crippen LogP contribution in [0.2, 0.25) is 0 Å². The molecule has 1 aliphatic heterocycles. The van der Waals surface area contributed by atoms with Crippen LogP contribution in [0.4, 0.5) is 5.69 Å². The smallest absolute Gasteiger partial charge is 0.210 e. The summed E-state index contributed by atoms with van der Waals surface area (Å²) in [6, 6.07) is 14.7. The average molecular weight is 366 g/mol. The second kappa shape index (κ2) is 5.32. The van der Waals surface area contributed by atoms with Crippen molar-refractivity contribution in [2.75, 3.05) is 11.4 Å². The molecule has 0 aromatic heterocycles. The molecule has 1 aliphatic carbocycles. The van der Waals surface area contributed by atoms with E-state index in [2.05, 4.69) is 15.9 Å². The number of hydrogen-bond acceptors (Lipinski definition) is 3. The molecular weight excluding hydrogens is 354 g/mol. The van der Waals surface area contributed by atoms with Crippen molar-refractivity contribution in [3.63, 3.8) is 0 Å². The second-order valence-electron chi connectivity index (χ2n) is 5.46. The summed E-state index contributed by atoms with van der Waals surface area (Å²) in [5.41, 5.74) is 2.80. The molecule has 0 radical (unpaired) electrons. The van der Waals surface area contributed by atoms with E-state index in [0.29, 0.717) is 28.9 Å². The Balaban J connectivity index is 1.88. The van der Waals surface area contributed by atoms with Crippen molar-refractivity contribution in [1.29, 1.82) is 0 Å². The number of carbonyl (C=O) groups is 2. The molecule has 23 heavy (non-hydrogen) atoms. The molecule has 1 heterocycles. The molecule has 4 heteroatoms. The maximum atomic E-state index is 13.0. The van der Waals surface area contributed by atoms with Gasteiger partial charge < -0.3 is 4.90 Å². The zero-order valence-electron chi connectivity index (χ0n) is 12.1. The van der Waals surface area contributed by atoms with Crippen LogP contribution in [0.25, 0.3) is 0 Å². The van der Waals surface area contributed by atoms with Gasteiger partial charge in [0.05, 0.1) is 5.57 Å². The first-order valence-corrected chi connectivity index (χ1v) is 8.08. The van der Waals surface area contributed by atoms with Gasteiger partial charge in [0.25, 0.3) is 0 Å². The highest BCUT2D eigenvalue weighted by Crippen LogP contribution is 2.34. The lowest BCUT2D eigenvalue weighted by Gasteiger charge is -2.32. The van der Waals surface area contributed by atoms with Crippen LogP contribution in [0.3, 0.4) is 0 Å². The number of anilines is 1. The van der Waals surface area contributed by atoms with Crippen molar-refractivity contribution in [2.45, 2.75) is 0 Å². The van der Waals surface area contributed by atoms with Crippen LogP contribution < -0.4 is 4.90 Å². The highest BCUT2D eigenvalue weighted by atomic mass is 79.9. The Kier molecular flexibility index (Phi) is 3.27. The third-order valence-electron chi connectivity index (χ3n) is 4.11. The largest absolute Gasteiger partial charge is 0.334 e. The highest BCUT2D eigenvalue weighted by Gasteiger charge is 2.35. The lowest BCUT2D eigenvalue weighted by atomic mass is 9.85. The predicted octanol–water partition coefficient (Wildman–Crippen LogP) is 4.16. The van der Waals surface area contributed by atoms with Gasteiger partial charge in [0.2, 0.25) is 5.78 Å². The molecule has 2 aromatic rings. The molecule has 2 aliphatic rings. The molecule has 2 aromatic carbocycles. The fraction of sp³-hybridized carbons (Fsp3) is 0.0526. The van der Waals surface area contributed by atoms with Gasteiger partial charge in [-0.25, -0.2) is 0 Å². The maximum absolute atomic E-state index is 13.0. The number of carbonyl (C=O) groups excluding carboxylic acids is 2. The predicted molar refractivity (Wildman–Crippen MR) is 92.8 cm³/mol. The number of ketones is 2. The van der Waals surface area contributed by atoms with E-state index in [1.807, 2.05) is 35.2 Å². The first-order chi connectivity index (χ1) is 11.2. The molecule has 0 atom stereocenters. The summed E-state index contributed by atoms with van der Waals surface area (Å²) in [5, 5.41) is 0. The zero-order chi connectivity index (χ0) is 16.0. The number of fused-ring (bicyclic) bond motifs is 1. The van der Waals surface area contributed by atoms with Gasteiger partial charge >= 0.3 is 0 Å². The number of benzene rings is 2.